The van der Waals surface area contributed by atoms with Gasteiger partial charge in [-0.05, 0) is 41.5 Å². The zero-order valence-electron chi connectivity index (χ0n) is 15.2. The maximum atomic E-state index is 13.1. The summed E-state index contributed by atoms with van der Waals surface area (Å²) in [6, 6.07) is 11.4. The highest BCUT2D eigenvalue weighted by atomic mass is 16.5. The number of ether oxygens (including phenoxy) is 1. The van der Waals surface area contributed by atoms with Gasteiger partial charge >= 0.3 is 6.03 Å². The maximum Gasteiger partial charge on any atom is 0.329 e. The molecule has 2 aromatic carbocycles. The number of likely N-dealkylation sites (tertiary alicyclic amines) is 1. The van der Waals surface area contributed by atoms with Crippen LogP contribution in [0.1, 0.15) is 25.3 Å². The summed E-state index contributed by atoms with van der Waals surface area (Å²) in [4.78, 5) is 28.2. The Kier molecular flexibility index (Phi) is 4.07. The first-order chi connectivity index (χ1) is 12.5. The molecular formula is C20H24N3O3+. The lowest BCUT2D eigenvalue weighted by atomic mass is 9.90. The van der Waals surface area contributed by atoms with Crippen molar-refractivity contribution in [1.82, 2.24) is 10.2 Å². The quantitative estimate of drug-likeness (QED) is 0.813. The van der Waals surface area contributed by atoms with Crippen LogP contribution in [0.25, 0.3) is 10.8 Å². The van der Waals surface area contributed by atoms with E-state index in [0.717, 1.165) is 48.0 Å². The third-order valence-corrected chi connectivity index (χ3v) is 5.59. The highest BCUT2D eigenvalue weighted by Crippen LogP contribution is 2.31. The fourth-order valence-electron chi connectivity index (χ4n) is 3.95. The van der Waals surface area contributed by atoms with Crippen molar-refractivity contribution in [2.75, 3.05) is 26.9 Å². The van der Waals surface area contributed by atoms with Gasteiger partial charge in [-0.3, -0.25) is 4.79 Å². The molecule has 6 nitrogen and oxygen atoms in total. The fourth-order valence-corrected chi connectivity index (χ4v) is 3.95. The van der Waals surface area contributed by atoms with Crippen molar-refractivity contribution in [3.8, 4) is 5.75 Å². The van der Waals surface area contributed by atoms with E-state index in [2.05, 4.69) is 5.32 Å². The van der Waals surface area contributed by atoms with Gasteiger partial charge in [-0.1, -0.05) is 18.2 Å². The Balaban J connectivity index is 1.64. The third-order valence-electron chi connectivity index (χ3n) is 5.59. The second-order valence-corrected chi connectivity index (χ2v) is 7.33. The van der Waals surface area contributed by atoms with Crippen molar-refractivity contribution < 1.29 is 19.2 Å². The van der Waals surface area contributed by atoms with E-state index < -0.39 is 5.54 Å². The lowest BCUT2D eigenvalue weighted by Gasteiger charge is -2.23. The molecule has 26 heavy (non-hydrogen) atoms. The summed E-state index contributed by atoms with van der Waals surface area (Å²) in [5.41, 5.74) is -0.225. The number of hydrogen-bond donors (Lipinski definition) is 2. The molecular weight excluding hydrogens is 330 g/mol. The number of hydrogen-bond acceptors (Lipinski definition) is 3. The van der Waals surface area contributed by atoms with E-state index in [-0.39, 0.29) is 11.9 Å². The molecule has 3 amide bonds. The molecule has 2 fully saturated rings. The predicted octanol–water partition coefficient (Wildman–Crippen LogP) is 1.25. The van der Waals surface area contributed by atoms with Crippen molar-refractivity contribution in [2.45, 2.75) is 25.3 Å². The Morgan fingerprint density at radius 3 is 2.54 bits per heavy atom. The number of imide groups is 1. The molecule has 0 spiro atoms. The van der Waals surface area contributed by atoms with Gasteiger partial charge in [0.1, 0.15) is 11.3 Å². The Morgan fingerprint density at radius 1 is 1.12 bits per heavy atom. The first-order valence-electron chi connectivity index (χ1n) is 9.07. The number of carbonyl (C=O) groups is 2. The Bertz CT molecular complexity index is 876. The summed E-state index contributed by atoms with van der Waals surface area (Å²) in [7, 11) is 1.64. The highest BCUT2D eigenvalue weighted by Gasteiger charge is 2.50. The molecule has 2 heterocycles. The van der Waals surface area contributed by atoms with E-state index in [1.807, 2.05) is 36.4 Å². The smallest absolute Gasteiger partial charge is 0.329 e. The molecule has 1 atom stereocenters. The molecule has 2 N–H and O–H groups in total. The topological polar surface area (TPSA) is 63.1 Å². The SMILES string of the molecule is COc1ccc2cc([C@]3(C)NC(=O)N(C[NH+]4CCCC4)C3=O)ccc2c1. The van der Waals surface area contributed by atoms with Crippen LogP contribution in [0.4, 0.5) is 4.79 Å². The molecule has 0 aromatic heterocycles. The van der Waals surface area contributed by atoms with E-state index in [0.29, 0.717) is 6.67 Å². The van der Waals surface area contributed by atoms with Gasteiger partial charge in [-0.2, -0.15) is 0 Å². The summed E-state index contributed by atoms with van der Waals surface area (Å²) < 4.78 is 5.26. The van der Waals surface area contributed by atoms with Crippen LogP contribution < -0.4 is 15.0 Å². The lowest BCUT2D eigenvalue weighted by molar-refractivity contribution is -0.894. The summed E-state index contributed by atoms with van der Waals surface area (Å²) in [5.74, 6) is 0.622. The summed E-state index contributed by atoms with van der Waals surface area (Å²) >= 11 is 0. The molecule has 136 valence electrons. The van der Waals surface area contributed by atoms with E-state index in [1.165, 1.54) is 9.80 Å². The number of methoxy groups -OCH3 is 1. The number of amides is 3. The number of quaternary nitrogens is 1. The number of benzene rings is 2. The lowest BCUT2D eigenvalue weighted by Crippen LogP contribution is -3.11. The second-order valence-electron chi connectivity index (χ2n) is 7.33. The van der Waals surface area contributed by atoms with E-state index in [9.17, 15) is 9.59 Å². The first kappa shape index (κ1) is 16.8. The largest absolute Gasteiger partial charge is 0.497 e. The number of fused-ring (bicyclic) bond motifs is 1. The molecule has 0 aliphatic carbocycles. The van der Waals surface area contributed by atoms with E-state index >= 15 is 0 Å². The van der Waals surface area contributed by atoms with Crippen LogP contribution in [-0.2, 0) is 10.3 Å². The summed E-state index contributed by atoms with van der Waals surface area (Å²) in [6.45, 7) is 4.28. The average molecular weight is 354 g/mol. The van der Waals surface area contributed by atoms with Gasteiger partial charge in [0.2, 0.25) is 0 Å². The van der Waals surface area contributed by atoms with Crippen LogP contribution in [0.5, 0.6) is 5.75 Å². The minimum atomic E-state index is -1.02. The second kappa shape index (κ2) is 6.29. The van der Waals surface area contributed by atoms with Gasteiger partial charge in [0.25, 0.3) is 5.91 Å². The van der Waals surface area contributed by atoms with Gasteiger partial charge < -0.3 is 15.0 Å². The van der Waals surface area contributed by atoms with Gasteiger partial charge in [0.05, 0.1) is 20.2 Å². The monoisotopic (exact) mass is 354 g/mol. The zero-order chi connectivity index (χ0) is 18.3. The molecule has 0 unspecified atom stereocenters. The third kappa shape index (κ3) is 2.70. The van der Waals surface area contributed by atoms with Crippen molar-refractivity contribution >= 4 is 22.7 Å². The van der Waals surface area contributed by atoms with Gasteiger partial charge in [0.15, 0.2) is 6.67 Å². The summed E-state index contributed by atoms with van der Waals surface area (Å²) in [5, 5.41) is 4.95. The minimum Gasteiger partial charge on any atom is -0.497 e. The van der Waals surface area contributed by atoms with E-state index in [1.54, 1.807) is 14.0 Å². The van der Waals surface area contributed by atoms with Crippen LogP contribution in [0.2, 0.25) is 0 Å². The average Bonchev–Trinajstić information content (AvgIpc) is 3.24. The molecule has 0 radical (unpaired) electrons. The molecule has 6 heteroatoms. The van der Waals surface area contributed by atoms with Crippen LogP contribution >= 0.6 is 0 Å². The van der Waals surface area contributed by atoms with Gasteiger partial charge in [-0.15, -0.1) is 0 Å². The number of rotatable bonds is 4. The summed E-state index contributed by atoms with van der Waals surface area (Å²) in [6.07, 6.45) is 2.31. The molecule has 0 bridgehead atoms. The van der Waals surface area contributed by atoms with Crippen LogP contribution in [0, 0.1) is 0 Å². The zero-order valence-corrected chi connectivity index (χ0v) is 15.2. The molecule has 2 aromatic rings. The Morgan fingerprint density at radius 2 is 1.81 bits per heavy atom. The Labute approximate surface area is 152 Å². The molecule has 0 saturated carbocycles. The number of urea groups is 1. The fraction of sp³-hybridized carbons (Fsp3) is 0.400. The molecule has 2 saturated heterocycles. The van der Waals surface area contributed by atoms with E-state index in [4.69, 9.17) is 4.74 Å². The number of carbonyl (C=O) groups excluding carboxylic acids is 2. The van der Waals surface area contributed by atoms with Crippen LogP contribution in [0.3, 0.4) is 0 Å². The highest BCUT2D eigenvalue weighted by molar-refractivity contribution is 6.07. The van der Waals surface area contributed by atoms with Gasteiger partial charge in [0, 0.05) is 12.8 Å². The van der Waals surface area contributed by atoms with Crippen molar-refractivity contribution in [3.05, 3.63) is 42.0 Å². The first-order valence-corrected chi connectivity index (χ1v) is 9.07. The molecule has 2 aliphatic heterocycles. The van der Waals surface area contributed by atoms with Crippen molar-refractivity contribution in [1.29, 1.82) is 0 Å². The predicted molar refractivity (Wildman–Crippen MR) is 98.0 cm³/mol. The normalized spacial score (nSPS) is 23.7. The Hall–Kier alpha value is -2.60. The van der Waals surface area contributed by atoms with Gasteiger partial charge in [-0.25, -0.2) is 9.69 Å². The maximum absolute atomic E-state index is 13.1. The number of nitrogens with zero attached hydrogens (tertiary/aromatic N) is 1. The van der Waals surface area contributed by atoms with Crippen molar-refractivity contribution in [2.24, 2.45) is 0 Å². The van der Waals surface area contributed by atoms with Crippen LogP contribution in [-0.4, -0.2) is 43.7 Å². The molecule has 4 rings (SSSR count). The minimum absolute atomic E-state index is 0.172. The number of nitrogens with one attached hydrogen (secondary N) is 2. The molecule has 2 aliphatic rings. The van der Waals surface area contributed by atoms with Crippen LogP contribution in [0.15, 0.2) is 36.4 Å². The van der Waals surface area contributed by atoms with Crippen molar-refractivity contribution in [3.63, 3.8) is 0 Å². The standard InChI is InChI=1S/C20H23N3O3/c1-20(16-7-5-15-12-17(26-2)8-6-14(15)11-16)18(24)23(19(25)21-20)13-22-9-3-4-10-22/h5-8,11-12H,3-4,9-10,13H2,1-2H3,(H,21,25)/p+1/t20-/m0/s1.